The molecule has 6 N–H and O–H groups in total. The summed E-state index contributed by atoms with van der Waals surface area (Å²) in [4.78, 5) is 140. The molecule has 0 unspecified atom stereocenters. The number of halogens is 2. The van der Waals surface area contributed by atoms with E-state index in [-0.39, 0.29) is 27.9 Å². The van der Waals surface area contributed by atoms with E-state index in [9.17, 15) is 28.8 Å². The zero-order chi connectivity index (χ0) is 99.1. The second-order valence-corrected chi connectivity index (χ2v) is 35.7. The number of aromatic amines is 5. The van der Waals surface area contributed by atoms with Crippen molar-refractivity contribution in [1.82, 2.24) is 59.4 Å². The van der Waals surface area contributed by atoms with Gasteiger partial charge in [0.1, 0.15) is 27.7 Å². The van der Waals surface area contributed by atoms with Gasteiger partial charge in [-0.05, 0) is 246 Å². The summed E-state index contributed by atoms with van der Waals surface area (Å²) in [7, 11) is 3.33. The van der Waals surface area contributed by atoms with Crippen LogP contribution in [0, 0.1) is 41.5 Å². The van der Waals surface area contributed by atoms with Crippen LogP contribution < -0.4 is 106 Å². The van der Waals surface area contributed by atoms with Crippen molar-refractivity contribution in [2.75, 3.05) is 78.5 Å². The molecule has 0 saturated carbocycles. The molecule has 10 aromatic carbocycles. The van der Waals surface area contributed by atoms with Crippen molar-refractivity contribution in [3.05, 3.63) is 389 Å². The minimum Gasteiger partial charge on any atom is -0.497 e. The molecular weight excluding hydrogens is 1810 g/mol. The number of benzene rings is 10. The van der Waals surface area contributed by atoms with Crippen molar-refractivity contribution in [2.45, 2.75) is 119 Å². The largest absolute Gasteiger partial charge is 0.497 e. The van der Waals surface area contributed by atoms with Crippen molar-refractivity contribution in [3.8, 4) is 17.3 Å². The number of aryl methyl sites for hydroxylation is 12. The van der Waals surface area contributed by atoms with Crippen LogP contribution in [0.3, 0.4) is 0 Å². The number of hydrogen-bond donors (Lipinski definition) is 6. The summed E-state index contributed by atoms with van der Waals surface area (Å²) in [6.45, 7) is 31.9. The molecule has 4 aromatic heterocycles. The van der Waals surface area contributed by atoms with Gasteiger partial charge in [-0.3, -0.25) is 29.0 Å². The average Bonchev–Trinajstić information content (AvgIpc) is 0.778. The molecule has 20 rings (SSSR count). The lowest BCUT2D eigenvalue weighted by molar-refractivity contribution is 0.211. The van der Waals surface area contributed by atoms with Gasteiger partial charge in [-0.25, -0.2) is 49.7 Å². The van der Waals surface area contributed by atoms with Gasteiger partial charge in [0.05, 0.1) is 70.2 Å². The van der Waals surface area contributed by atoms with Gasteiger partial charge < -0.3 is 58.9 Å². The van der Waals surface area contributed by atoms with Crippen LogP contribution in [0.5, 0.6) is 5.75 Å². The molecule has 10 heterocycles. The van der Waals surface area contributed by atoms with Gasteiger partial charge in [-0.1, -0.05) is 189 Å². The predicted octanol–water partition coefficient (Wildman–Crippen LogP) is 14.7. The van der Waals surface area contributed by atoms with E-state index in [0.717, 1.165) is 185 Å². The lowest BCUT2D eigenvalue weighted by Crippen LogP contribution is -2.42. The van der Waals surface area contributed by atoms with Crippen molar-refractivity contribution in [2.24, 2.45) is 20.0 Å². The Morgan fingerprint density at radius 2 is 0.730 bits per heavy atom. The molecule has 0 bridgehead atoms. The number of rotatable bonds is 26. The molecule has 6 aliphatic rings. The number of unbranched alkanes of at least 4 members (excludes halogenated alkanes) is 1. The van der Waals surface area contributed by atoms with Gasteiger partial charge in [0, 0.05) is 62.1 Å². The molecule has 0 fully saturated rings. The van der Waals surface area contributed by atoms with Crippen molar-refractivity contribution in [3.63, 3.8) is 0 Å². The molecule has 0 aliphatic carbocycles. The van der Waals surface area contributed by atoms with Crippen molar-refractivity contribution in [1.29, 1.82) is 0 Å². The lowest BCUT2D eigenvalue weighted by Gasteiger charge is -2.29. The molecule has 14 aromatic rings. The van der Waals surface area contributed by atoms with E-state index in [4.69, 9.17) is 32.7 Å². The van der Waals surface area contributed by atoms with Gasteiger partial charge in [-0.15, -0.1) is 0 Å². The maximum Gasteiger partial charge on any atom is 0.349 e. The number of hydrogen-bond acceptors (Lipinski definition) is 23. The quantitative estimate of drug-likeness (QED) is 0.0217. The lowest BCUT2D eigenvalue weighted by atomic mass is 10.1. The fourth-order valence-electron chi connectivity index (χ4n) is 17.4. The molecular formula is C110H109Cl2N21O8. The maximum absolute atomic E-state index is 12.6. The summed E-state index contributed by atoms with van der Waals surface area (Å²) in [5.41, 5.74) is 21.2. The van der Waals surface area contributed by atoms with Gasteiger partial charge in [-0.2, -0.15) is 4.98 Å². The molecule has 0 saturated heterocycles. The van der Waals surface area contributed by atoms with E-state index in [1.807, 2.05) is 171 Å². The standard InChI is InChI=1S/C24H27N5O2.C22H21ClN4O.C22H22N4O3.C21H19ClN4O.C21H20N4O/c1-16-14-20-21(15-19(16)25-11-13-31-3)29(12-7-10-18-8-5-4-6-9-18)23-22(28-20)24(30)27-17(2)26-23;1-14-12-18-19(13-17(14)23)27(11-7-6-10-16-8-4-3-5-9-16)21-20(26-18)22(28)25-15(2)24-21;1-13-11-17-18(12-14(13)2)26(20-19(23-17)21(27)25-22(28)24-20)10-4-5-15-6-8-16(29-3)9-7-15;1-13-11-17-18(12-16(13)22)26(10-6-9-15-7-4-3-5-8-15)20-19(25-17)21(27)24-14(2)23-20;1-14-10-11-18-17(13-14)24-19-20(22-15(2)23-21(19)26)25(18)12-6-9-16-7-4-3-5-8-16/h4-6,8-9,14-15,25H,2,7,10-13H2,1,3H3,(H,27,30);3-5,8-9,12-13H,2,6-7,10-11H2,1H3,(H,25,28);6-9,11-12H,4-5,10H2,1-3H3,(H,25,27,28);3-5,7-8,11-12H,2,6,9-10H2,1H3,(H,24,27);3-5,7-8,10-11,13H,2,6,9,12H2,1H3,(H,23,26). The first kappa shape index (κ1) is 98.1. The van der Waals surface area contributed by atoms with Crippen molar-refractivity contribution < 1.29 is 9.47 Å². The van der Waals surface area contributed by atoms with Crippen LogP contribution in [0.1, 0.15) is 99.7 Å². The Morgan fingerprint density at radius 1 is 0.355 bits per heavy atom. The molecule has 0 radical (unpaired) electrons. The topological polar surface area (TPSA) is 357 Å². The fourth-order valence-corrected chi connectivity index (χ4v) is 17.7. The van der Waals surface area contributed by atoms with Crippen LogP contribution in [-0.2, 0) is 43.4 Å². The van der Waals surface area contributed by atoms with Crippen LogP contribution in [0.15, 0.2) is 261 Å². The van der Waals surface area contributed by atoms with E-state index in [2.05, 4.69) is 213 Å². The Balaban J connectivity index is 0.000000127. The Kier molecular flexibility index (Phi) is 31.1. The Morgan fingerprint density at radius 3 is 1.16 bits per heavy atom. The van der Waals surface area contributed by atoms with E-state index >= 15 is 0 Å². The third kappa shape index (κ3) is 23.4. The maximum atomic E-state index is 12.6. The number of nitrogens with zero attached hydrogens (tertiary/aromatic N) is 15. The van der Waals surface area contributed by atoms with E-state index < -0.39 is 11.2 Å². The first-order valence-corrected chi connectivity index (χ1v) is 47.6. The summed E-state index contributed by atoms with van der Waals surface area (Å²) in [5, 5.41) is 6.09. The normalized spacial score (nSPS) is 12.0. The predicted molar refractivity (Wildman–Crippen MR) is 562 cm³/mol. The average molecular weight is 1920 g/mol. The number of H-pyrrole nitrogens is 5. The summed E-state index contributed by atoms with van der Waals surface area (Å²) >= 11 is 12.7. The highest BCUT2D eigenvalue weighted by Crippen LogP contribution is 2.43. The molecule has 141 heavy (non-hydrogen) atoms. The number of methoxy groups -OCH3 is 2. The smallest absolute Gasteiger partial charge is 0.349 e. The molecule has 0 atom stereocenters. The number of ether oxygens (including phenoxy) is 2. The van der Waals surface area contributed by atoms with Crippen molar-refractivity contribution >= 4 is 135 Å². The van der Waals surface area contributed by atoms with Gasteiger partial charge in [0.15, 0.2) is 56.2 Å². The van der Waals surface area contributed by atoms with E-state index in [1.165, 1.54) is 27.8 Å². The summed E-state index contributed by atoms with van der Waals surface area (Å²) in [6, 6.07) is 71.3. The summed E-state index contributed by atoms with van der Waals surface area (Å²) in [5.74, 6) is 3.37. The number of fused-ring (bicyclic) bond motifs is 10. The number of aromatic nitrogens is 12. The second-order valence-electron chi connectivity index (χ2n) is 34.9. The summed E-state index contributed by atoms with van der Waals surface area (Å²) < 4.78 is 12.3. The Bertz CT molecular complexity index is 8220. The van der Waals surface area contributed by atoms with Crippen LogP contribution in [0.2, 0.25) is 10.0 Å². The third-order valence-electron chi connectivity index (χ3n) is 24.6. The molecule has 6 aliphatic heterocycles. The zero-order valence-corrected chi connectivity index (χ0v) is 81.5. The van der Waals surface area contributed by atoms with Crippen LogP contribution >= 0.6 is 23.2 Å². The van der Waals surface area contributed by atoms with Crippen LogP contribution in [0.25, 0.3) is 48.9 Å². The first-order chi connectivity index (χ1) is 68.2. The monoisotopic (exact) mass is 1920 g/mol. The number of nitrogens with one attached hydrogen (secondary N) is 6. The number of anilines is 9. The molecule has 31 heteroatoms. The zero-order valence-electron chi connectivity index (χ0n) is 80.0. The Hall–Kier alpha value is -16.0. The Labute approximate surface area is 822 Å². The highest BCUT2D eigenvalue weighted by molar-refractivity contribution is 6.32. The molecule has 716 valence electrons. The minimum atomic E-state index is -0.656. The molecule has 29 nitrogen and oxygen atoms in total. The van der Waals surface area contributed by atoms with Gasteiger partial charge in [0.2, 0.25) is 0 Å². The minimum absolute atomic E-state index is 0.185. The third-order valence-corrected chi connectivity index (χ3v) is 25.5. The van der Waals surface area contributed by atoms with Gasteiger partial charge >= 0.3 is 5.69 Å². The van der Waals surface area contributed by atoms with Crippen LogP contribution in [0.4, 0.5) is 74.5 Å². The highest BCUT2D eigenvalue weighted by Gasteiger charge is 2.30. The molecule has 0 spiro atoms. The fraction of sp³-hybridized carbons (Fsp3) is 0.236. The van der Waals surface area contributed by atoms with Crippen LogP contribution in [-0.4, -0.2) is 113 Å². The van der Waals surface area contributed by atoms with E-state index in [0.29, 0.717) is 115 Å². The summed E-state index contributed by atoms with van der Waals surface area (Å²) in [6.07, 6.45) is 10.2. The highest BCUT2D eigenvalue weighted by atomic mass is 35.5. The first-order valence-electron chi connectivity index (χ1n) is 46.8. The SMILES string of the molecule is C=c1nc2c(c(=O)[nH]1)=Nc1cc(C)c(Cl)cc1N2CCCCc1ccccc1.C=c1nc2c(c(=O)[nH]1)=Nc1cc(C)c(Cl)cc1N2CCCc1ccccc1.C=c1nc2c(c(=O)[nH]1)=Nc1cc(C)c(NCCOC)cc1N2CCCc1ccccc1.C=c1nc2c(c(=O)[nH]1)=Nc1cc(C)ccc1N2CCCc1ccccc1.COc1ccc(CCCn2c3nc(=O)[nH]c(=O)c-3nc3cc(C)c(C)cc32)cc1. The van der Waals surface area contributed by atoms with Gasteiger partial charge in [0.25, 0.3) is 27.8 Å². The second kappa shape index (κ2) is 44.7. The van der Waals surface area contributed by atoms with E-state index in [1.54, 1.807) is 14.2 Å². The molecule has 0 amide bonds.